The number of nitrogens with zero attached hydrogens (tertiary/aromatic N) is 7. The fourth-order valence-corrected chi connectivity index (χ4v) is 7.46. The van der Waals surface area contributed by atoms with Crippen LogP contribution in [0, 0.1) is 20.8 Å². The highest BCUT2D eigenvalue weighted by Crippen LogP contribution is 2.36. The fraction of sp³-hybridized carbons (Fsp3) is 0.0784. The Morgan fingerprint density at radius 2 is 1.11 bits per heavy atom. The number of carbonyl (C=O) groups is 2. The molecule has 6 aromatic heterocycles. The summed E-state index contributed by atoms with van der Waals surface area (Å²) in [5.74, 6) is 1.01. The molecular weight excluding hydrogens is 844 g/mol. The van der Waals surface area contributed by atoms with E-state index in [0.29, 0.717) is 51.3 Å². The van der Waals surface area contributed by atoms with E-state index in [1.165, 1.54) is 18.4 Å². The molecule has 0 aliphatic heterocycles. The Labute approximate surface area is 375 Å². The van der Waals surface area contributed by atoms with E-state index in [0.717, 1.165) is 45.1 Å². The van der Waals surface area contributed by atoms with Crippen molar-refractivity contribution in [2.45, 2.75) is 26.9 Å². The molecule has 4 aromatic carbocycles. The van der Waals surface area contributed by atoms with E-state index < -0.39 is 23.2 Å². The molecule has 0 fully saturated rings. The molecule has 0 bridgehead atoms. The second kappa shape index (κ2) is 17.8. The number of rotatable bonds is 8. The minimum atomic E-state index is -4.70. The second-order valence-corrected chi connectivity index (χ2v) is 15.4. The van der Waals surface area contributed by atoms with Crippen LogP contribution in [0.4, 0.5) is 24.5 Å². The Balaban J connectivity index is 0.000000167. The van der Waals surface area contributed by atoms with Crippen LogP contribution in [-0.4, -0.2) is 45.5 Å². The van der Waals surface area contributed by atoms with Crippen LogP contribution < -0.4 is 10.6 Å². The average molecular weight is 882 g/mol. The number of hydrogen-bond donors (Lipinski definition) is 2. The number of hydrogen-bond acceptors (Lipinski definition) is 8. The maximum atomic E-state index is 13.8. The third-order valence-corrected chi connectivity index (χ3v) is 10.8. The van der Waals surface area contributed by atoms with Gasteiger partial charge in [-0.15, -0.1) is 0 Å². The minimum Gasteiger partial charge on any atom is -0.442 e. The number of amides is 2. The van der Waals surface area contributed by atoms with Gasteiger partial charge in [-0.2, -0.15) is 13.2 Å². The first-order valence-electron chi connectivity index (χ1n) is 20.6. The van der Waals surface area contributed by atoms with E-state index in [1.54, 1.807) is 84.0 Å². The highest BCUT2D eigenvalue weighted by molar-refractivity contribution is 6.07. The lowest BCUT2D eigenvalue weighted by Gasteiger charge is -2.15. The number of aryl methyl sites for hydroxylation is 3. The third-order valence-electron chi connectivity index (χ3n) is 10.8. The summed E-state index contributed by atoms with van der Waals surface area (Å²) in [5.41, 5.74) is 7.86. The lowest BCUT2D eigenvalue weighted by molar-refractivity contribution is -0.137. The van der Waals surface area contributed by atoms with Crippen molar-refractivity contribution in [3.63, 3.8) is 0 Å². The summed E-state index contributed by atoms with van der Waals surface area (Å²) in [7, 11) is 0. The van der Waals surface area contributed by atoms with Gasteiger partial charge in [0.1, 0.15) is 6.26 Å². The van der Waals surface area contributed by atoms with Crippen LogP contribution in [0.25, 0.3) is 56.7 Å². The molecule has 0 spiro atoms. The van der Waals surface area contributed by atoms with Gasteiger partial charge in [-0.1, -0.05) is 65.7 Å². The number of oxazole rings is 1. The summed E-state index contributed by atoms with van der Waals surface area (Å²) in [6.07, 6.45) is 8.71. The summed E-state index contributed by atoms with van der Waals surface area (Å²) in [6.45, 7) is 5.83. The van der Waals surface area contributed by atoms with Gasteiger partial charge >= 0.3 is 6.18 Å². The van der Waals surface area contributed by atoms with E-state index in [2.05, 4.69) is 35.6 Å². The SMILES string of the molecule is Cc1ccc(NC(=O)c2cc(-c3cccn4c(-c5ncccn5)ncc34)ccc2C(F)(F)F)cc1.Cc1ccc(NC(=O)c2cc(-c3cccn4c(-c5ncco5)ncc34)ccc2C)cc1. The zero-order valence-electron chi connectivity index (χ0n) is 35.6. The molecule has 10 rings (SSSR count). The van der Waals surface area contributed by atoms with Crippen molar-refractivity contribution in [2.75, 3.05) is 10.6 Å². The Kier molecular flexibility index (Phi) is 11.5. The number of aromatic nitrogens is 7. The van der Waals surface area contributed by atoms with Gasteiger partial charge in [0.15, 0.2) is 11.6 Å². The largest absolute Gasteiger partial charge is 0.442 e. The molecule has 0 aliphatic carbocycles. The topological polar surface area (TPSA) is 145 Å². The molecule has 2 N–H and O–H groups in total. The van der Waals surface area contributed by atoms with Crippen molar-refractivity contribution in [1.29, 1.82) is 0 Å². The maximum absolute atomic E-state index is 13.8. The van der Waals surface area contributed by atoms with E-state index in [4.69, 9.17) is 4.42 Å². The Bertz CT molecular complexity index is 3360. The number of benzene rings is 4. The van der Waals surface area contributed by atoms with Crippen molar-refractivity contribution in [3.8, 4) is 45.6 Å². The molecule has 12 nitrogen and oxygen atoms in total. The Morgan fingerprint density at radius 3 is 1.67 bits per heavy atom. The Morgan fingerprint density at radius 1 is 0.576 bits per heavy atom. The lowest BCUT2D eigenvalue weighted by Crippen LogP contribution is -2.19. The number of pyridine rings is 2. The maximum Gasteiger partial charge on any atom is 0.417 e. The van der Waals surface area contributed by atoms with Crippen molar-refractivity contribution in [3.05, 3.63) is 198 Å². The molecule has 0 aliphatic rings. The molecule has 0 atom stereocenters. The van der Waals surface area contributed by atoms with Crippen LogP contribution in [0.2, 0.25) is 0 Å². The van der Waals surface area contributed by atoms with E-state index >= 15 is 0 Å². The zero-order chi connectivity index (χ0) is 46.0. The molecule has 6 heterocycles. The van der Waals surface area contributed by atoms with Gasteiger partial charge in [0.2, 0.25) is 5.82 Å². The van der Waals surface area contributed by atoms with Gasteiger partial charge in [-0.25, -0.2) is 24.9 Å². The first-order valence-corrected chi connectivity index (χ1v) is 20.6. The first kappa shape index (κ1) is 42.6. The predicted octanol–water partition coefficient (Wildman–Crippen LogP) is 11.6. The van der Waals surface area contributed by atoms with Crippen molar-refractivity contribution >= 4 is 34.2 Å². The standard InChI is InChI=1S/C26H18F3N5O.C25H20N4O2/c1-16-5-8-18(9-6-16)33-25(35)20-14-17(7-10-21(20)26(27,28)29)19-4-2-13-34-22(19)15-32-24(34)23-30-11-3-12-31-23;1-16-5-9-19(10-6-16)28-24(30)21-14-18(8-7-17(21)2)20-4-3-12-29-22(20)15-27-23(29)25-26-11-13-31-25/h2-15H,1H3,(H,33,35);3-15H,1-2H3,(H,28,30). The molecule has 326 valence electrons. The summed E-state index contributed by atoms with van der Waals surface area (Å²) < 4.78 is 50.4. The van der Waals surface area contributed by atoms with E-state index in [1.807, 2.05) is 86.0 Å². The van der Waals surface area contributed by atoms with Gasteiger partial charge in [-0.3, -0.25) is 18.4 Å². The summed E-state index contributed by atoms with van der Waals surface area (Å²) in [6, 6.07) is 33.2. The van der Waals surface area contributed by atoms with Crippen LogP contribution in [0.3, 0.4) is 0 Å². The summed E-state index contributed by atoms with van der Waals surface area (Å²) in [4.78, 5) is 47.5. The van der Waals surface area contributed by atoms with Gasteiger partial charge in [0.05, 0.1) is 40.8 Å². The molecule has 15 heteroatoms. The predicted molar refractivity (Wildman–Crippen MR) is 246 cm³/mol. The number of carbonyl (C=O) groups excluding carboxylic acids is 2. The third kappa shape index (κ3) is 8.77. The van der Waals surface area contributed by atoms with E-state index in [9.17, 15) is 22.8 Å². The molecule has 0 radical (unpaired) electrons. The molecule has 0 unspecified atom stereocenters. The molecule has 0 saturated carbocycles. The summed E-state index contributed by atoms with van der Waals surface area (Å²) >= 11 is 0. The molecule has 2 amide bonds. The van der Waals surface area contributed by atoms with Gasteiger partial charge in [0.25, 0.3) is 17.7 Å². The van der Waals surface area contributed by atoms with Crippen LogP contribution in [0.1, 0.15) is 43.0 Å². The Hall–Kier alpha value is -8.72. The summed E-state index contributed by atoms with van der Waals surface area (Å²) in [5, 5.41) is 5.55. The minimum absolute atomic E-state index is 0.135. The van der Waals surface area contributed by atoms with Crippen molar-refractivity contribution in [2.24, 2.45) is 0 Å². The number of halogens is 3. The van der Waals surface area contributed by atoms with Crippen molar-refractivity contribution in [1.82, 2.24) is 33.7 Å². The second-order valence-electron chi connectivity index (χ2n) is 15.4. The average Bonchev–Trinajstić information content (AvgIpc) is 4.12. The number of imidazole rings is 2. The molecule has 0 saturated heterocycles. The number of nitrogens with one attached hydrogen (secondary N) is 2. The molecule has 10 aromatic rings. The zero-order valence-corrected chi connectivity index (χ0v) is 35.6. The number of anilines is 2. The highest BCUT2D eigenvalue weighted by Gasteiger charge is 2.35. The van der Waals surface area contributed by atoms with Crippen LogP contribution in [-0.2, 0) is 6.18 Å². The van der Waals surface area contributed by atoms with Crippen LogP contribution in [0.5, 0.6) is 0 Å². The highest BCUT2D eigenvalue weighted by atomic mass is 19.4. The monoisotopic (exact) mass is 881 g/mol. The number of fused-ring (bicyclic) bond motifs is 2. The van der Waals surface area contributed by atoms with Gasteiger partial charge in [-0.05, 0) is 98.1 Å². The fourth-order valence-electron chi connectivity index (χ4n) is 7.46. The molecular formula is C51H38F3N9O3. The smallest absolute Gasteiger partial charge is 0.417 e. The quantitative estimate of drug-likeness (QED) is 0.153. The molecule has 66 heavy (non-hydrogen) atoms. The van der Waals surface area contributed by atoms with E-state index in [-0.39, 0.29) is 5.91 Å². The van der Waals surface area contributed by atoms with Gasteiger partial charge in [0, 0.05) is 52.9 Å². The number of alkyl halides is 3. The lowest BCUT2D eigenvalue weighted by atomic mass is 9.98. The first-order chi connectivity index (χ1) is 31.9. The van der Waals surface area contributed by atoms with Crippen molar-refractivity contribution < 1.29 is 27.2 Å². The normalized spacial score (nSPS) is 11.3. The van der Waals surface area contributed by atoms with Gasteiger partial charge < -0.3 is 15.1 Å². The van der Waals surface area contributed by atoms with Crippen LogP contribution >= 0.6 is 0 Å². The van der Waals surface area contributed by atoms with Crippen LogP contribution in [0.15, 0.2) is 169 Å².